The van der Waals surface area contributed by atoms with Gasteiger partial charge in [-0.1, -0.05) is 6.92 Å². The van der Waals surface area contributed by atoms with E-state index in [4.69, 9.17) is 9.84 Å². The smallest absolute Gasteiger partial charge is 0.122 e. The molecule has 1 rings (SSSR count). The zero-order chi connectivity index (χ0) is 11.3. The topological polar surface area (TPSA) is 29.5 Å². The van der Waals surface area contributed by atoms with Gasteiger partial charge in [-0.2, -0.15) is 0 Å². The molecule has 0 aliphatic carbocycles. The molecule has 3 heteroatoms. The highest BCUT2D eigenvalue weighted by molar-refractivity contribution is 8.00. The number of aliphatic hydroxyl groups is 1. The Morgan fingerprint density at radius 2 is 2.20 bits per heavy atom. The molecule has 0 aliphatic heterocycles. The van der Waals surface area contributed by atoms with Crippen molar-refractivity contribution in [3.05, 3.63) is 23.8 Å². The molecule has 0 saturated carbocycles. The summed E-state index contributed by atoms with van der Waals surface area (Å²) in [5.41, 5.74) is 1.15. The van der Waals surface area contributed by atoms with Crippen LogP contribution in [0.5, 0.6) is 5.75 Å². The van der Waals surface area contributed by atoms with Crippen LogP contribution in [0.4, 0.5) is 0 Å². The fourth-order valence-corrected chi connectivity index (χ4v) is 2.21. The molecule has 1 atom stereocenters. The molecule has 0 amide bonds. The Labute approximate surface area is 95.7 Å². The van der Waals surface area contributed by atoms with Gasteiger partial charge >= 0.3 is 0 Å². The second kappa shape index (κ2) is 6.03. The largest absolute Gasteiger partial charge is 0.494 e. The van der Waals surface area contributed by atoms with Gasteiger partial charge in [0.2, 0.25) is 0 Å². The van der Waals surface area contributed by atoms with Crippen LogP contribution in [0.15, 0.2) is 23.1 Å². The van der Waals surface area contributed by atoms with Gasteiger partial charge in [0, 0.05) is 10.1 Å². The van der Waals surface area contributed by atoms with Crippen LogP contribution in [0.2, 0.25) is 0 Å². The van der Waals surface area contributed by atoms with E-state index in [0.29, 0.717) is 6.61 Å². The third-order valence-electron chi connectivity index (χ3n) is 2.04. The molecular formula is C12H18O2S. The first-order valence-electron chi connectivity index (χ1n) is 5.18. The molecule has 0 saturated heterocycles. The first-order valence-corrected chi connectivity index (χ1v) is 6.06. The van der Waals surface area contributed by atoms with Crippen molar-refractivity contribution in [1.29, 1.82) is 0 Å². The minimum absolute atomic E-state index is 0.205. The first kappa shape index (κ1) is 12.4. The standard InChI is InChI=1S/C12H18O2S/c1-4-14-12-6-5-11(7-9(12)2)15-10(3)8-13/h5-7,10,13H,4,8H2,1-3H3. The number of aryl methyl sites for hydroxylation is 1. The van der Waals surface area contributed by atoms with E-state index in [1.54, 1.807) is 11.8 Å². The van der Waals surface area contributed by atoms with E-state index in [0.717, 1.165) is 11.3 Å². The van der Waals surface area contributed by atoms with Crippen molar-refractivity contribution in [3.63, 3.8) is 0 Å². The van der Waals surface area contributed by atoms with Crippen LogP contribution in [-0.4, -0.2) is 23.6 Å². The minimum atomic E-state index is 0.205. The van der Waals surface area contributed by atoms with Crippen molar-refractivity contribution in [3.8, 4) is 5.75 Å². The summed E-state index contributed by atoms with van der Waals surface area (Å²) in [4.78, 5) is 1.18. The van der Waals surface area contributed by atoms with Gasteiger partial charge in [-0.3, -0.25) is 0 Å². The lowest BCUT2D eigenvalue weighted by Gasteiger charge is -2.11. The van der Waals surface area contributed by atoms with Gasteiger partial charge < -0.3 is 9.84 Å². The summed E-state index contributed by atoms with van der Waals surface area (Å²) in [7, 11) is 0. The molecule has 0 spiro atoms. The molecule has 1 N–H and O–H groups in total. The van der Waals surface area contributed by atoms with Gasteiger partial charge in [-0.05, 0) is 37.6 Å². The highest BCUT2D eigenvalue weighted by Gasteiger charge is 2.05. The maximum atomic E-state index is 8.96. The molecular weight excluding hydrogens is 208 g/mol. The van der Waals surface area contributed by atoms with Gasteiger partial charge in [0.25, 0.3) is 0 Å². The Balaban J connectivity index is 2.73. The average Bonchev–Trinajstić information content (AvgIpc) is 2.22. The van der Waals surface area contributed by atoms with E-state index in [2.05, 4.69) is 6.07 Å². The lowest BCUT2D eigenvalue weighted by Crippen LogP contribution is -2.01. The van der Waals surface area contributed by atoms with Gasteiger partial charge in [-0.15, -0.1) is 11.8 Å². The average molecular weight is 226 g/mol. The maximum Gasteiger partial charge on any atom is 0.122 e. The van der Waals surface area contributed by atoms with Crippen LogP contribution in [0.25, 0.3) is 0 Å². The molecule has 0 bridgehead atoms. The highest BCUT2D eigenvalue weighted by Crippen LogP contribution is 2.28. The molecule has 1 aromatic carbocycles. The summed E-state index contributed by atoms with van der Waals surface area (Å²) in [5, 5.41) is 9.20. The lowest BCUT2D eigenvalue weighted by atomic mass is 10.2. The highest BCUT2D eigenvalue weighted by atomic mass is 32.2. The number of aliphatic hydroxyl groups excluding tert-OH is 1. The molecule has 1 unspecified atom stereocenters. The molecule has 2 nitrogen and oxygen atoms in total. The summed E-state index contributed by atoms with van der Waals surface area (Å²) >= 11 is 1.68. The van der Waals surface area contributed by atoms with Crippen LogP contribution in [0, 0.1) is 6.92 Å². The molecule has 1 aromatic rings. The molecule has 0 aliphatic rings. The van der Waals surface area contributed by atoms with Gasteiger partial charge in [-0.25, -0.2) is 0 Å². The second-order valence-electron chi connectivity index (χ2n) is 3.47. The molecule has 0 heterocycles. The van der Waals surface area contributed by atoms with Crippen LogP contribution >= 0.6 is 11.8 Å². The Morgan fingerprint density at radius 1 is 1.47 bits per heavy atom. The third kappa shape index (κ3) is 3.76. The fourth-order valence-electron chi connectivity index (χ4n) is 1.28. The predicted molar refractivity (Wildman–Crippen MR) is 64.8 cm³/mol. The van der Waals surface area contributed by atoms with Gasteiger partial charge in [0.1, 0.15) is 5.75 Å². The lowest BCUT2D eigenvalue weighted by molar-refractivity contribution is 0.300. The van der Waals surface area contributed by atoms with E-state index < -0.39 is 0 Å². The molecule has 0 radical (unpaired) electrons. The Hall–Kier alpha value is -0.670. The van der Waals surface area contributed by atoms with E-state index in [-0.39, 0.29) is 11.9 Å². The molecule has 84 valence electrons. The van der Waals surface area contributed by atoms with Crippen molar-refractivity contribution in [2.45, 2.75) is 30.9 Å². The maximum absolute atomic E-state index is 8.96. The number of benzene rings is 1. The zero-order valence-corrected chi connectivity index (χ0v) is 10.3. The van der Waals surface area contributed by atoms with Crippen LogP contribution in [-0.2, 0) is 0 Å². The van der Waals surface area contributed by atoms with Crippen molar-refractivity contribution in [2.75, 3.05) is 13.2 Å². The zero-order valence-electron chi connectivity index (χ0n) is 9.49. The number of hydrogen-bond donors (Lipinski definition) is 1. The quantitative estimate of drug-likeness (QED) is 0.783. The summed E-state index contributed by atoms with van der Waals surface area (Å²) in [6.45, 7) is 6.93. The van der Waals surface area contributed by atoms with Crippen molar-refractivity contribution >= 4 is 11.8 Å². The van der Waals surface area contributed by atoms with Crippen LogP contribution < -0.4 is 4.74 Å². The third-order valence-corrected chi connectivity index (χ3v) is 3.12. The summed E-state index contributed by atoms with van der Waals surface area (Å²) in [5.74, 6) is 0.943. The van der Waals surface area contributed by atoms with Gasteiger partial charge in [0.15, 0.2) is 0 Å². The summed E-state index contributed by atoms with van der Waals surface area (Å²) in [6.07, 6.45) is 0. The molecule has 15 heavy (non-hydrogen) atoms. The Bertz CT molecular complexity index is 312. The summed E-state index contributed by atoms with van der Waals surface area (Å²) < 4.78 is 5.46. The van der Waals surface area contributed by atoms with Crippen LogP contribution in [0.1, 0.15) is 19.4 Å². The normalized spacial score (nSPS) is 12.5. The molecule has 0 fully saturated rings. The van der Waals surface area contributed by atoms with Crippen molar-refractivity contribution in [2.24, 2.45) is 0 Å². The number of rotatable bonds is 5. The van der Waals surface area contributed by atoms with E-state index >= 15 is 0 Å². The van der Waals surface area contributed by atoms with E-state index in [1.807, 2.05) is 32.9 Å². The van der Waals surface area contributed by atoms with Gasteiger partial charge in [0.05, 0.1) is 13.2 Å². The number of hydrogen-bond acceptors (Lipinski definition) is 3. The Morgan fingerprint density at radius 3 is 2.73 bits per heavy atom. The van der Waals surface area contributed by atoms with Crippen LogP contribution in [0.3, 0.4) is 0 Å². The van der Waals surface area contributed by atoms with Crippen molar-refractivity contribution in [1.82, 2.24) is 0 Å². The predicted octanol–water partition coefficient (Wildman–Crippen LogP) is 2.87. The van der Waals surface area contributed by atoms with E-state index in [1.165, 1.54) is 4.90 Å². The van der Waals surface area contributed by atoms with E-state index in [9.17, 15) is 0 Å². The first-order chi connectivity index (χ1) is 7.17. The number of ether oxygens (including phenoxy) is 1. The summed E-state index contributed by atoms with van der Waals surface area (Å²) in [6, 6.07) is 6.13. The number of thioether (sulfide) groups is 1. The monoisotopic (exact) mass is 226 g/mol. The van der Waals surface area contributed by atoms with Crippen molar-refractivity contribution < 1.29 is 9.84 Å². The fraction of sp³-hybridized carbons (Fsp3) is 0.500. The minimum Gasteiger partial charge on any atom is -0.494 e. The second-order valence-corrected chi connectivity index (χ2v) is 4.98. The Kier molecular flexibility index (Phi) is 4.99. The SMILES string of the molecule is CCOc1ccc(SC(C)CO)cc1C. The molecule has 0 aromatic heterocycles.